The molecule has 1 N–H and O–H groups in total. The van der Waals surface area contributed by atoms with Gasteiger partial charge in [0.1, 0.15) is 0 Å². The Balaban J connectivity index is 2.35. The minimum absolute atomic E-state index is 0.000405. The number of hydrogen-bond donors (Lipinski definition) is 1. The molecule has 0 saturated carbocycles. The molecule has 0 aromatic heterocycles. The number of carbonyl (C=O) groups is 2. The maximum Gasteiger partial charge on any atom is 0.315 e. The highest BCUT2D eigenvalue weighted by Gasteiger charge is 2.21. The molecule has 1 rings (SSSR count). The number of amides is 1. The Labute approximate surface area is 144 Å². The summed E-state index contributed by atoms with van der Waals surface area (Å²) in [6, 6.07) is 8.10. The lowest BCUT2D eigenvalue weighted by atomic mass is 9.84. The first-order valence-electron chi connectivity index (χ1n) is 7.02. The molecule has 4 nitrogen and oxygen atoms in total. The predicted molar refractivity (Wildman–Crippen MR) is 94.1 cm³/mol. The second-order valence-corrected chi connectivity index (χ2v) is 7.57. The first-order chi connectivity index (χ1) is 10.3. The predicted octanol–water partition coefficient (Wildman–Crippen LogP) is 3.14. The maximum atomic E-state index is 11.9. The Bertz CT molecular complexity index is 520. The van der Waals surface area contributed by atoms with E-state index in [-0.39, 0.29) is 23.0 Å². The Morgan fingerprint density at radius 1 is 1.36 bits per heavy atom. The van der Waals surface area contributed by atoms with Gasteiger partial charge in [0, 0.05) is 28.6 Å². The number of methoxy groups -OCH3 is 1. The van der Waals surface area contributed by atoms with Gasteiger partial charge in [0.2, 0.25) is 5.91 Å². The normalized spacial score (nSPS) is 11.1. The molecule has 22 heavy (non-hydrogen) atoms. The highest BCUT2D eigenvalue weighted by molar-refractivity contribution is 9.10. The van der Waals surface area contributed by atoms with Crippen LogP contribution in [0.5, 0.6) is 0 Å². The van der Waals surface area contributed by atoms with E-state index >= 15 is 0 Å². The number of hydrogen-bond acceptors (Lipinski definition) is 4. The van der Waals surface area contributed by atoms with Crippen LogP contribution in [-0.4, -0.2) is 37.0 Å². The molecule has 0 atom stereocenters. The fourth-order valence-corrected chi connectivity index (χ4v) is 2.96. The molecule has 0 unspecified atom stereocenters. The Kier molecular flexibility index (Phi) is 7.96. The largest absolute Gasteiger partial charge is 0.468 e. The van der Waals surface area contributed by atoms with Crippen molar-refractivity contribution in [2.75, 3.05) is 25.2 Å². The van der Waals surface area contributed by atoms with Crippen molar-refractivity contribution >= 4 is 39.6 Å². The highest BCUT2D eigenvalue weighted by atomic mass is 79.9. The van der Waals surface area contributed by atoms with Crippen molar-refractivity contribution in [3.63, 3.8) is 0 Å². The van der Waals surface area contributed by atoms with Gasteiger partial charge in [-0.25, -0.2) is 0 Å². The minimum Gasteiger partial charge on any atom is -0.468 e. The summed E-state index contributed by atoms with van der Waals surface area (Å²) in [4.78, 5) is 22.8. The average Bonchev–Trinajstić information content (AvgIpc) is 2.49. The maximum absolute atomic E-state index is 11.9. The molecular formula is C16H22BrNO3S. The summed E-state index contributed by atoms with van der Waals surface area (Å²) in [6.45, 7) is 4.77. The first kappa shape index (κ1) is 19.0. The molecule has 0 aliphatic carbocycles. The van der Waals surface area contributed by atoms with E-state index in [1.807, 2.05) is 12.1 Å². The molecular weight excluding hydrogens is 366 g/mol. The molecule has 0 aliphatic heterocycles. The Hall–Kier alpha value is -1.01. The molecule has 1 aromatic rings. The summed E-state index contributed by atoms with van der Waals surface area (Å²) in [7, 11) is 1.36. The number of benzene rings is 1. The molecule has 0 fully saturated rings. The first-order valence-corrected chi connectivity index (χ1v) is 8.97. The minimum atomic E-state index is -0.263. The monoisotopic (exact) mass is 387 g/mol. The molecule has 1 aromatic carbocycles. The molecule has 0 aliphatic rings. The van der Waals surface area contributed by atoms with Crippen molar-refractivity contribution in [2.24, 2.45) is 0 Å². The number of nitrogens with one attached hydrogen (secondary N) is 1. The summed E-state index contributed by atoms with van der Waals surface area (Å²) in [5, 5.41) is 2.96. The Morgan fingerprint density at radius 3 is 2.73 bits per heavy atom. The van der Waals surface area contributed by atoms with E-state index in [0.717, 1.165) is 4.47 Å². The quantitative estimate of drug-likeness (QED) is 0.549. The van der Waals surface area contributed by atoms with Crippen LogP contribution in [0.1, 0.15) is 25.8 Å². The molecule has 0 saturated heterocycles. The van der Waals surface area contributed by atoms with Crippen LogP contribution in [0.25, 0.3) is 0 Å². The zero-order valence-electron chi connectivity index (χ0n) is 13.1. The standard InChI is InChI=1S/C16H22BrNO3S/c1-16(2,12-5-4-6-13(17)9-12)11-18-14(19)7-8-22-10-15(20)21-3/h4-6,9H,7-8,10-11H2,1-3H3,(H,18,19). The van der Waals surface area contributed by atoms with Gasteiger partial charge in [0.05, 0.1) is 12.9 Å². The van der Waals surface area contributed by atoms with Crippen molar-refractivity contribution in [1.29, 1.82) is 0 Å². The van der Waals surface area contributed by atoms with Crippen LogP contribution in [0.15, 0.2) is 28.7 Å². The highest BCUT2D eigenvalue weighted by Crippen LogP contribution is 2.25. The number of esters is 1. The summed E-state index contributed by atoms with van der Waals surface area (Å²) in [6.07, 6.45) is 0.399. The van der Waals surface area contributed by atoms with Gasteiger partial charge < -0.3 is 10.1 Å². The van der Waals surface area contributed by atoms with E-state index in [9.17, 15) is 9.59 Å². The van der Waals surface area contributed by atoms with Gasteiger partial charge in [-0.2, -0.15) is 0 Å². The van der Waals surface area contributed by atoms with Crippen LogP contribution >= 0.6 is 27.7 Å². The van der Waals surface area contributed by atoms with E-state index in [2.05, 4.69) is 52.0 Å². The van der Waals surface area contributed by atoms with Crippen LogP contribution in [0, 0.1) is 0 Å². The third-order valence-corrected chi connectivity index (χ3v) is 4.68. The van der Waals surface area contributed by atoms with Crippen molar-refractivity contribution < 1.29 is 14.3 Å². The smallest absolute Gasteiger partial charge is 0.315 e. The van der Waals surface area contributed by atoms with Gasteiger partial charge >= 0.3 is 5.97 Å². The molecule has 0 spiro atoms. The number of thioether (sulfide) groups is 1. The zero-order valence-corrected chi connectivity index (χ0v) is 15.6. The average molecular weight is 388 g/mol. The molecule has 0 radical (unpaired) electrons. The fraction of sp³-hybridized carbons (Fsp3) is 0.500. The SMILES string of the molecule is COC(=O)CSCCC(=O)NCC(C)(C)c1cccc(Br)c1. The van der Waals surface area contributed by atoms with E-state index in [1.54, 1.807) is 0 Å². The molecule has 0 heterocycles. The second-order valence-electron chi connectivity index (χ2n) is 5.55. The third kappa shape index (κ3) is 6.83. The number of halogens is 1. The van der Waals surface area contributed by atoms with E-state index < -0.39 is 0 Å². The van der Waals surface area contributed by atoms with E-state index in [1.165, 1.54) is 24.4 Å². The van der Waals surface area contributed by atoms with Gasteiger partial charge in [-0.05, 0) is 17.7 Å². The van der Waals surface area contributed by atoms with Gasteiger partial charge in [0.15, 0.2) is 0 Å². The summed E-state index contributed by atoms with van der Waals surface area (Å²) in [5.41, 5.74) is 1.03. The van der Waals surface area contributed by atoms with Crippen molar-refractivity contribution in [3.05, 3.63) is 34.3 Å². The van der Waals surface area contributed by atoms with E-state index in [0.29, 0.717) is 18.7 Å². The van der Waals surface area contributed by atoms with Crippen molar-refractivity contribution in [3.8, 4) is 0 Å². The van der Waals surface area contributed by atoms with Crippen LogP contribution in [0.4, 0.5) is 0 Å². The van der Waals surface area contributed by atoms with Gasteiger partial charge in [0.25, 0.3) is 0 Å². The van der Waals surface area contributed by atoms with Crippen molar-refractivity contribution in [1.82, 2.24) is 5.32 Å². The van der Waals surface area contributed by atoms with Gasteiger partial charge in [-0.3, -0.25) is 9.59 Å². The zero-order chi connectivity index (χ0) is 16.6. The topological polar surface area (TPSA) is 55.4 Å². The number of carbonyl (C=O) groups excluding carboxylic acids is 2. The third-order valence-electron chi connectivity index (χ3n) is 3.25. The molecule has 1 amide bonds. The van der Waals surface area contributed by atoms with Gasteiger partial charge in [-0.1, -0.05) is 41.9 Å². The number of rotatable bonds is 8. The second kappa shape index (κ2) is 9.20. The fourth-order valence-electron chi connectivity index (χ4n) is 1.80. The summed E-state index contributed by atoms with van der Waals surface area (Å²) in [5.74, 6) is 0.632. The van der Waals surface area contributed by atoms with Gasteiger partial charge in [-0.15, -0.1) is 11.8 Å². The molecule has 6 heteroatoms. The van der Waals surface area contributed by atoms with Crippen LogP contribution in [0.3, 0.4) is 0 Å². The number of ether oxygens (including phenoxy) is 1. The van der Waals surface area contributed by atoms with Crippen LogP contribution in [-0.2, 0) is 19.7 Å². The lowest BCUT2D eigenvalue weighted by molar-refractivity contribution is -0.137. The Morgan fingerprint density at radius 2 is 2.09 bits per heavy atom. The van der Waals surface area contributed by atoms with Crippen molar-refractivity contribution in [2.45, 2.75) is 25.7 Å². The molecule has 0 bridgehead atoms. The lowest BCUT2D eigenvalue weighted by Gasteiger charge is -2.26. The summed E-state index contributed by atoms with van der Waals surface area (Å²) >= 11 is 4.87. The van der Waals surface area contributed by atoms with E-state index in [4.69, 9.17) is 0 Å². The lowest BCUT2D eigenvalue weighted by Crippen LogP contribution is -2.36. The van der Waals surface area contributed by atoms with Crippen LogP contribution in [0.2, 0.25) is 0 Å². The molecule has 122 valence electrons. The summed E-state index contributed by atoms with van der Waals surface area (Å²) < 4.78 is 5.58. The van der Waals surface area contributed by atoms with Crippen LogP contribution < -0.4 is 5.32 Å².